The van der Waals surface area contributed by atoms with E-state index >= 15 is 0 Å². The lowest BCUT2D eigenvalue weighted by Crippen LogP contribution is -2.26. The monoisotopic (exact) mass is 410 g/mol. The van der Waals surface area contributed by atoms with Crippen LogP contribution in [0, 0.1) is 6.92 Å². The third-order valence-electron chi connectivity index (χ3n) is 6.57. The average Bonchev–Trinajstić information content (AvgIpc) is 3.14. The van der Waals surface area contributed by atoms with E-state index in [-0.39, 0.29) is 11.7 Å². The number of ketones is 1. The number of anilines is 1. The van der Waals surface area contributed by atoms with Gasteiger partial charge in [-0.25, -0.2) is 0 Å². The van der Waals surface area contributed by atoms with Crippen molar-refractivity contribution in [3.05, 3.63) is 94.5 Å². The molecule has 0 aromatic heterocycles. The maximum absolute atomic E-state index is 13.6. The minimum atomic E-state index is -0.0335. The zero-order chi connectivity index (χ0) is 21.5. The summed E-state index contributed by atoms with van der Waals surface area (Å²) in [6.45, 7) is 4.72. The van der Waals surface area contributed by atoms with Crippen LogP contribution in [0.15, 0.2) is 72.2 Å². The fourth-order valence-corrected chi connectivity index (χ4v) is 4.82. The van der Waals surface area contributed by atoms with Crippen LogP contribution in [-0.2, 0) is 11.3 Å². The number of carbonyl (C=O) groups is 2. The van der Waals surface area contributed by atoms with Crippen molar-refractivity contribution in [1.29, 1.82) is 0 Å². The van der Waals surface area contributed by atoms with Crippen molar-refractivity contribution in [3.8, 4) is 0 Å². The Kier molecular flexibility index (Phi) is 4.85. The van der Waals surface area contributed by atoms with Gasteiger partial charge in [0.2, 0.25) is 0 Å². The molecule has 0 bridgehead atoms. The Balaban J connectivity index is 1.53. The largest absolute Gasteiger partial charge is 0.346 e. The molecule has 31 heavy (non-hydrogen) atoms. The van der Waals surface area contributed by atoms with E-state index in [4.69, 9.17) is 0 Å². The number of rotatable bonds is 2. The number of Topliss-reactive ketones (excluding diaryl/α,β-unsaturated/α-hetero) is 1. The van der Waals surface area contributed by atoms with Crippen molar-refractivity contribution < 1.29 is 9.59 Å². The number of carbonyl (C=O) groups excluding carboxylic acids is 2. The van der Waals surface area contributed by atoms with Gasteiger partial charge in [-0.15, -0.1) is 0 Å². The molecule has 0 fully saturated rings. The summed E-state index contributed by atoms with van der Waals surface area (Å²) in [4.78, 5) is 29.8. The van der Waals surface area contributed by atoms with Crippen LogP contribution in [0.4, 0.5) is 5.69 Å². The van der Waals surface area contributed by atoms with Gasteiger partial charge in [0.15, 0.2) is 5.78 Å². The summed E-state index contributed by atoms with van der Waals surface area (Å²) >= 11 is 0. The zero-order valence-electron chi connectivity index (χ0n) is 18.0. The molecule has 156 valence electrons. The van der Waals surface area contributed by atoms with Gasteiger partial charge in [0.1, 0.15) is 0 Å². The number of fused-ring (bicyclic) bond motifs is 2. The first-order valence-electron chi connectivity index (χ1n) is 10.9. The zero-order valence-corrected chi connectivity index (χ0v) is 18.0. The minimum absolute atomic E-state index is 0.0335. The Labute approximate surface area is 183 Å². The van der Waals surface area contributed by atoms with Crippen LogP contribution < -0.4 is 4.90 Å². The number of hydrogen-bond donors (Lipinski definition) is 0. The molecule has 0 radical (unpaired) electrons. The van der Waals surface area contributed by atoms with Gasteiger partial charge < -0.3 is 4.90 Å². The molecular weight excluding hydrogens is 384 g/mol. The quantitative estimate of drug-likeness (QED) is 0.634. The number of allylic oxidation sites excluding steroid dienone is 3. The summed E-state index contributed by atoms with van der Waals surface area (Å²) in [7, 11) is 0. The molecule has 1 amide bonds. The van der Waals surface area contributed by atoms with Crippen molar-refractivity contribution in [2.75, 3.05) is 4.90 Å². The van der Waals surface area contributed by atoms with Crippen LogP contribution in [0.25, 0.3) is 5.57 Å². The fraction of sp³-hybridized carbons (Fsp3) is 0.259. The Morgan fingerprint density at radius 1 is 1.03 bits per heavy atom. The summed E-state index contributed by atoms with van der Waals surface area (Å²) in [6.07, 6.45) is 9.48. The second-order valence-corrected chi connectivity index (χ2v) is 8.55. The van der Waals surface area contributed by atoms with Crippen LogP contribution in [0.1, 0.15) is 59.7 Å². The van der Waals surface area contributed by atoms with Crippen LogP contribution in [-0.4, -0.2) is 16.6 Å². The van der Waals surface area contributed by atoms with Gasteiger partial charge in [-0.2, -0.15) is 0 Å². The Morgan fingerprint density at radius 2 is 1.87 bits per heavy atom. The molecular formula is C27H26N2O2. The average molecular weight is 411 g/mol. The van der Waals surface area contributed by atoms with Gasteiger partial charge in [0.25, 0.3) is 5.91 Å². The Hall–Kier alpha value is -3.40. The maximum Gasteiger partial charge on any atom is 0.262 e. The smallest absolute Gasteiger partial charge is 0.262 e. The first kappa shape index (κ1) is 19.6. The van der Waals surface area contributed by atoms with Gasteiger partial charge in [0.05, 0.1) is 5.69 Å². The molecule has 4 nitrogen and oxygen atoms in total. The molecule has 2 aromatic rings. The first-order chi connectivity index (χ1) is 15.0. The van der Waals surface area contributed by atoms with Gasteiger partial charge in [0, 0.05) is 43.0 Å². The van der Waals surface area contributed by atoms with Crippen LogP contribution >= 0.6 is 0 Å². The van der Waals surface area contributed by atoms with E-state index in [1.807, 2.05) is 56.4 Å². The molecule has 0 atom stereocenters. The SMILES string of the molecule is CC1=C(c2ccc(C(=O)N3C=C4CC=CN4Cc4ccccc43)cc2C)CCCC1=O. The van der Waals surface area contributed by atoms with E-state index in [2.05, 4.69) is 23.2 Å². The lowest BCUT2D eigenvalue weighted by Gasteiger charge is -2.22. The van der Waals surface area contributed by atoms with Crippen molar-refractivity contribution in [1.82, 2.24) is 4.90 Å². The van der Waals surface area contributed by atoms with E-state index in [1.54, 1.807) is 4.90 Å². The van der Waals surface area contributed by atoms with E-state index in [1.165, 1.54) is 0 Å². The number of benzene rings is 2. The normalized spacial score (nSPS) is 18.0. The van der Waals surface area contributed by atoms with Gasteiger partial charge in [-0.05, 0) is 72.7 Å². The van der Waals surface area contributed by atoms with Gasteiger partial charge >= 0.3 is 0 Å². The van der Waals surface area contributed by atoms with E-state index in [9.17, 15) is 9.59 Å². The summed E-state index contributed by atoms with van der Waals surface area (Å²) in [5, 5.41) is 0. The molecule has 1 aliphatic carbocycles. The molecule has 2 aliphatic heterocycles. The van der Waals surface area contributed by atoms with Gasteiger partial charge in [-0.3, -0.25) is 14.5 Å². The van der Waals surface area contributed by atoms with E-state index < -0.39 is 0 Å². The minimum Gasteiger partial charge on any atom is -0.346 e. The maximum atomic E-state index is 13.6. The highest BCUT2D eigenvalue weighted by Gasteiger charge is 2.26. The summed E-state index contributed by atoms with van der Waals surface area (Å²) < 4.78 is 0. The molecule has 0 saturated carbocycles. The summed E-state index contributed by atoms with van der Waals surface area (Å²) in [5.41, 5.74) is 7.96. The highest BCUT2D eigenvalue weighted by molar-refractivity contribution is 6.08. The third kappa shape index (κ3) is 3.42. The van der Waals surface area contributed by atoms with Crippen molar-refractivity contribution in [3.63, 3.8) is 0 Å². The number of amides is 1. The standard InChI is InChI=1S/C27H26N2O2/c1-18-15-20(12-13-23(18)24-9-5-11-26(30)19(24)2)27(31)29-17-22-8-6-14-28(22)16-21-7-3-4-10-25(21)29/h3-4,6-7,10,12-15,17H,5,8-9,11,16H2,1-2H3. The molecule has 2 aromatic carbocycles. The van der Waals surface area contributed by atoms with Crippen molar-refractivity contribution in [2.24, 2.45) is 0 Å². The second kappa shape index (κ2) is 7.69. The predicted octanol–water partition coefficient (Wildman–Crippen LogP) is 5.74. The number of aryl methyl sites for hydroxylation is 1. The van der Waals surface area contributed by atoms with Crippen molar-refractivity contribution in [2.45, 2.75) is 46.1 Å². The lowest BCUT2D eigenvalue weighted by atomic mass is 9.85. The molecule has 3 aliphatic rings. The molecule has 2 heterocycles. The molecule has 0 spiro atoms. The topological polar surface area (TPSA) is 40.6 Å². The van der Waals surface area contributed by atoms with E-state index in [0.29, 0.717) is 12.0 Å². The van der Waals surface area contributed by atoms with Crippen molar-refractivity contribution >= 4 is 23.0 Å². The Bertz CT molecular complexity index is 1190. The lowest BCUT2D eigenvalue weighted by molar-refractivity contribution is -0.115. The predicted molar refractivity (Wildman–Crippen MR) is 123 cm³/mol. The molecule has 5 rings (SSSR count). The van der Waals surface area contributed by atoms with Crippen LogP contribution in [0.5, 0.6) is 0 Å². The third-order valence-corrected chi connectivity index (χ3v) is 6.57. The second-order valence-electron chi connectivity index (χ2n) is 8.55. The first-order valence-corrected chi connectivity index (χ1v) is 10.9. The number of nitrogens with zero attached hydrogens (tertiary/aromatic N) is 2. The molecule has 4 heteroatoms. The Morgan fingerprint density at radius 3 is 2.71 bits per heavy atom. The summed E-state index contributed by atoms with van der Waals surface area (Å²) in [5.74, 6) is 0.206. The highest BCUT2D eigenvalue weighted by atomic mass is 16.2. The number of hydrogen-bond acceptors (Lipinski definition) is 3. The number of para-hydroxylation sites is 1. The van der Waals surface area contributed by atoms with Crippen LogP contribution in [0.3, 0.4) is 0 Å². The molecule has 0 saturated heterocycles. The molecule has 0 unspecified atom stereocenters. The fourth-order valence-electron chi connectivity index (χ4n) is 4.82. The highest BCUT2D eigenvalue weighted by Crippen LogP contribution is 2.35. The van der Waals surface area contributed by atoms with Crippen LogP contribution in [0.2, 0.25) is 0 Å². The molecule has 0 N–H and O–H groups in total. The van der Waals surface area contributed by atoms with E-state index in [0.717, 1.165) is 65.0 Å². The van der Waals surface area contributed by atoms with Gasteiger partial charge in [-0.1, -0.05) is 30.3 Å². The summed E-state index contributed by atoms with van der Waals surface area (Å²) in [6, 6.07) is 14.0.